The largest absolute Gasteiger partial charge is 0.419 e. The first-order valence-electron chi connectivity index (χ1n) is 11.8. The van der Waals surface area contributed by atoms with Gasteiger partial charge in [0.2, 0.25) is 0 Å². The number of aromatic nitrogens is 3. The molecule has 12 heteroatoms. The molecule has 196 valence electrons. The second kappa shape index (κ2) is 9.67. The molecular weight excluding hydrogens is 489 g/mol. The van der Waals surface area contributed by atoms with Crippen molar-refractivity contribution in [1.29, 1.82) is 0 Å². The van der Waals surface area contributed by atoms with E-state index in [0.717, 1.165) is 11.6 Å². The maximum Gasteiger partial charge on any atom is 0.419 e. The van der Waals surface area contributed by atoms with Gasteiger partial charge in [-0.3, -0.25) is 4.68 Å². The minimum absolute atomic E-state index is 0.205. The molecule has 1 fully saturated rings. The van der Waals surface area contributed by atoms with E-state index in [4.69, 9.17) is 15.2 Å². The third-order valence-electron chi connectivity index (χ3n) is 6.80. The van der Waals surface area contributed by atoms with Gasteiger partial charge < -0.3 is 25.4 Å². The molecule has 1 aromatic carbocycles. The number of nitrogens with two attached hydrogens (primary N) is 1. The lowest BCUT2D eigenvalue weighted by molar-refractivity contribution is -0.137. The molecule has 3 aromatic rings. The van der Waals surface area contributed by atoms with Crippen LogP contribution in [0.4, 0.5) is 23.8 Å². The molecule has 0 aliphatic carbocycles. The maximum absolute atomic E-state index is 13.4. The number of rotatable bonds is 5. The number of benzene rings is 1. The summed E-state index contributed by atoms with van der Waals surface area (Å²) in [6.45, 7) is 1.86. The molecule has 2 aromatic heterocycles. The molecular formula is C25H27F3N6O3. The van der Waals surface area contributed by atoms with Crippen molar-refractivity contribution in [3.05, 3.63) is 65.5 Å². The number of ether oxygens (including phenoxy) is 2. The van der Waals surface area contributed by atoms with E-state index in [1.54, 1.807) is 22.8 Å². The normalized spacial score (nSPS) is 20.2. The highest BCUT2D eigenvalue weighted by atomic mass is 19.4. The molecule has 2 amide bonds. The first-order valence-corrected chi connectivity index (χ1v) is 11.8. The van der Waals surface area contributed by atoms with Gasteiger partial charge in [-0.1, -0.05) is 30.3 Å². The number of likely N-dealkylation sites (tertiary alicyclic amines) is 1. The SMILES string of the molecule is COCC(NC(=O)N1CCC2(C1)OCCn1nc(-c3cnc(N)c(C(F)(F)F)c3)cc12)c1ccccc1. The molecule has 37 heavy (non-hydrogen) atoms. The molecule has 5 rings (SSSR count). The lowest BCUT2D eigenvalue weighted by Crippen LogP contribution is -2.45. The number of carbonyl (C=O) groups is 1. The summed E-state index contributed by atoms with van der Waals surface area (Å²) in [5.41, 5.74) is 5.83. The fraction of sp³-hybridized carbons (Fsp3) is 0.400. The van der Waals surface area contributed by atoms with Gasteiger partial charge >= 0.3 is 12.2 Å². The molecule has 3 N–H and O–H groups in total. The summed E-state index contributed by atoms with van der Waals surface area (Å²) >= 11 is 0. The van der Waals surface area contributed by atoms with Gasteiger partial charge in [0.1, 0.15) is 11.4 Å². The monoisotopic (exact) mass is 516 g/mol. The first-order chi connectivity index (χ1) is 17.7. The van der Waals surface area contributed by atoms with Crippen LogP contribution in [-0.2, 0) is 27.8 Å². The van der Waals surface area contributed by atoms with Gasteiger partial charge in [0, 0.05) is 31.8 Å². The van der Waals surface area contributed by atoms with Crippen LogP contribution >= 0.6 is 0 Å². The second-order valence-corrected chi connectivity index (χ2v) is 9.17. The number of amides is 2. The Hall–Kier alpha value is -3.64. The van der Waals surface area contributed by atoms with Crippen LogP contribution in [-0.4, -0.2) is 59.1 Å². The van der Waals surface area contributed by atoms with E-state index in [9.17, 15) is 18.0 Å². The lowest BCUT2D eigenvalue weighted by atomic mass is 9.96. The first kappa shape index (κ1) is 25.0. The molecule has 2 unspecified atom stereocenters. The Morgan fingerprint density at radius 2 is 2.05 bits per heavy atom. The summed E-state index contributed by atoms with van der Waals surface area (Å²) in [4.78, 5) is 18.6. The second-order valence-electron chi connectivity index (χ2n) is 9.17. The number of pyridine rings is 1. The number of halogens is 3. The zero-order chi connectivity index (χ0) is 26.2. The summed E-state index contributed by atoms with van der Waals surface area (Å²) in [6, 6.07) is 11.7. The average Bonchev–Trinajstić information content (AvgIpc) is 3.50. The van der Waals surface area contributed by atoms with E-state index in [2.05, 4.69) is 15.4 Å². The molecule has 9 nitrogen and oxygen atoms in total. The van der Waals surface area contributed by atoms with E-state index in [1.165, 1.54) is 6.20 Å². The zero-order valence-electron chi connectivity index (χ0n) is 20.2. The summed E-state index contributed by atoms with van der Waals surface area (Å²) in [5, 5.41) is 7.56. The van der Waals surface area contributed by atoms with Crippen molar-refractivity contribution < 1.29 is 27.4 Å². The predicted molar refractivity (Wildman–Crippen MR) is 128 cm³/mol. The third-order valence-corrected chi connectivity index (χ3v) is 6.80. The van der Waals surface area contributed by atoms with Crippen molar-refractivity contribution in [3.8, 4) is 11.3 Å². The Morgan fingerprint density at radius 1 is 1.27 bits per heavy atom. The molecule has 0 saturated carbocycles. The smallest absolute Gasteiger partial charge is 0.383 e. The van der Waals surface area contributed by atoms with Crippen molar-refractivity contribution in [3.63, 3.8) is 0 Å². The number of carbonyl (C=O) groups excluding carboxylic acids is 1. The molecule has 0 bridgehead atoms. The van der Waals surface area contributed by atoms with Gasteiger partial charge in [0.05, 0.1) is 49.3 Å². The third kappa shape index (κ3) is 4.86. The van der Waals surface area contributed by atoms with Crippen molar-refractivity contribution in [2.45, 2.75) is 30.8 Å². The zero-order valence-corrected chi connectivity index (χ0v) is 20.2. The summed E-state index contributed by atoms with van der Waals surface area (Å²) in [7, 11) is 1.58. The van der Waals surface area contributed by atoms with Gasteiger partial charge in [-0.05, 0) is 17.7 Å². The molecule has 1 spiro atoms. The highest BCUT2D eigenvalue weighted by molar-refractivity contribution is 5.75. The van der Waals surface area contributed by atoms with Crippen LogP contribution in [0.3, 0.4) is 0 Å². The minimum atomic E-state index is -4.63. The number of nitrogens with zero attached hydrogens (tertiary/aromatic N) is 4. The van der Waals surface area contributed by atoms with Crippen molar-refractivity contribution in [1.82, 2.24) is 25.0 Å². The van der Waals surface area contributed by atoms with Crippen LogP contribution in [0.2, 0.25) is 0 Å². The van der Waals surface area contributed by atoms with Gasteiger partial charge in [-0.15, -0.1) is 0 Å². The quantitative estimate of drug-likeness (QED) is 0.537. The number of urea groups is 1. The number of alkyl halides is 3. The van der Waals surface area contributed by atoms with Gasteiger partial charge in [-0.2, -0.15) is 18.3 Å². The Bertz CT molecular complexity index is 1280. The number of methoxy groups -OCH3 is 1. The standard InChI is InChI=1S/C25H27F3N6O3/c1-36-14-20(16-5-3-2-4-6-16)31-23(35)33-8-7-24(15-33)21-12-19(32-34(21)9-10-37-24)17-11-18(25(26,27)28)22(29)30-13-17/h2-6,11-13,20H,7-10,14-15H2,1H3,(H2,29,30)(H,31,35). The van der Waals surface area contributed by atoms with E-state index >= 15 is 0 Å². The summed E-state index contributed by atoms with van der Waals surface area (Å²) in [5.74, 6) is -0.584. The van der Waals surface area contributed by atoms with Crippen molar-refractivity contribution in [2.24, 2.45) is 0 Å². The van der Waals surface area contributed by atoms with Gasteiger partial charge in [0.15, 0.2) is 0 Å². The van der Waals surface area contributed by atoms with Crippen LogP contribution in [0.25, 0.3) is 11.3 Å². The van der Waals surface area contributed by atoms with E-state index < -0.39 is 23.2 Å². The molecule has 2 aliphatic heterocycles. The number of nitrogen functional groups attached to an aromatic ring is 1. The summed E-state index contributed by atoms with van der Waals surface area (Å²) in [6.07, 6.45) is -2.82. The number of hydrogen-bond acceptors (Lipinski definition) is 6. The lowest BCUT2D eigenvalue weighted by Gasteiger charge is -2.34. The molecule has 0 radical (unpaired) electrons. The Kier molecular flexibility index (Phi) is 6.54. The van der Waals surface area contributed by atoms with Crippen LogP contribution in [0.15, 0.2) is 48.7 Å². The van der Waals surface area contributed by atoms with Crippen LogP contribution in [0.1, 0.15) is 29.3 Å². The topological polar surface area (TPSA) is 108 Å². The number of hydrogen-bond donors (Lipinski definition) is 2. The fourth-order valence-electron chi connectivity index (χ4n) is 4.93. The van der Waals surface area contributed by atoms with Crippen molar-refractivity contribution in [2.75, 3.05) is 39.1 Å². The van der Waals surface area contributed by atoms with Gasteiger partial charge in [0.25, 0.3) is 0 Å². The number of anilines is 1. The van der Waals surface area contributed by atoms with Crippen LogP contribution < -0.4 is 11.1 Å². The van der Waals surface area contributed by atoms with E-state index in [-0.39, 0.29) is 24.2 Å². The fourth-order valence-corrected chi connectivity index (χ4v) is 4.93. The number of nitrogens with one attached hydrogen (secondary N) is 1. The highest BCUT2D eigenvalue weighted by Gasteiger charge is 2.47. The van der Waals surface area contributed by atoms with Gasteiger partial charge in [-0.25, -0.2) is 9.78 Å². The predicted octanol–water partition coefficient (Wildman–Crippen LogP) is 3.57. The summed E-state index contributed by atoms with van der Waals surface area (Å²) < 4.78 is 53.3. The van der Waals surface area contributed by atoms with Crippen molar-refractivity contribution >= 4 is 11.8 Å². The average molecular weight is 517 g/mol. The molecule has 2 atom stereocenters. The highest BCUT2D eigenvalue weighted by Crippen LogP contribution is 2.41. The maximum atomic E-state index is 13.4. The Balaban J connectivity index is 1.37. The van der Waals surface area contributed by atoms with Crippen LogP contribution in [0.5, 0.6) is 0 Å². The molecule has 2 aliphatic rings. The molecule has 4 heterocycles. The Morgan fingerprint density at radius 3 is 2.78 bits per heavy atom. The molecule has 1 saturated heterocycles. The Labute approximate surface area is 211 Å². The van der Waals surface area contributed by atoms with Crippen LogP contribution in [0, 0.1) is 0 Å². The number of fused-ring (bicyclic) bond motifs is 2. The minimum Gasteiger partial charge on any atom is -0.383 e. The van der Waals surface area contributed by atoms with E-state index in [0.29, 0.717) is 44.1 Å². The van der Waals surface area contributed by atoms with E-state index in [1.807, 2.05) is 30.3 Å².